The van der Waals surface area contributed by atoms with Crippen molar-refractivity contribution in [2.45, 2.75) is 44.1 Å². The fraction of sp³-hybridized carbons (Fsp3) is 0.917. The minimum absolute atomic E-state index is 0.269. The molecule has 0 aromatic rings. The Hall–Kier alpha value is -0.700. The normalized spacial score (nSPS) is 25.0. The number of aliphatic carboxylic acids is 1. The molecule has 0 spiro atoms. The van der Waals surface area contributed by atoms with E-state index in [1.54, 1.807) is 0 Å². The Kier molecular flexibility index (Phi) is 5.00. The lowest BCUT2D eigenvalue weighted by molar-refractivity contribution is -0.144. The van der Waals surface area contributed by atoms with Crippen molar-refractivity contribution < 1.29 is 23.1 Å². The van der Waals surface area contributed by atoms with Gasteiger partial charge in [0.05, 0.1) is 13.2 Å². The van der Waals surface area contributed by atoms with E-state index < -0.39 is 21.7 Å². The van der Waals surface area contributed by atoms with Gasteiger partial charge in [-0.3, -0.25) is 4.79 Å². The van der Waals surface area contributed by atoms with Crippen molar-refractivity contribution in [2.75, 3.05) is 26.3 Å². The Labute approximate surface area is 119 Å². The maximum atomic E-state index is 12.4. The number of rotatable bonds is 4. The molecule has 0 atom stereocenters. The van der Waals surface area contributed by atoms with E-state index >= 15 is 0 Å². The highest BCUT2D eigenvalue weighted by Crippen LogP contribution is 2.28. The Morgan fingerprint density at radius 3 is 2.15 bits per heavy atom. The van der Waals surface area contributed by atoms with Crippen LogP contribution in [0.3, 0.4) is 0 Å². The molecule has 2 N–H and O–H groups in total. The standard InChI is InChI=1S/C12H22N2O5S/c15-11(16)12(5-3-1-2-4-6-12)13-20(17,18)14-7-9-19-10-8-14/h13H,1-10H2,(H,15,16). The van der Waals surface area contributed by atoms with Gasteiger partial charge in [-0.05, 0) is 12.8 Å². The van der Waals surface area contributed by atoms with Crippen molar-refractivity contribution in [3.05, 3.63) is 0 Å². The average molecular weight is 306 g/mol. The van der Waals surface area contributed by atoms with Crippen LogP contribution in [0.15, 0.2) is 0 Å². The molecular weight excluding hydrogens is 284 g/mol. The molecule has 2 aliphatic rings. The average Bonchev–Trinajstić information content (AvgIpc) is 2.66. The number of hydrogen-bond donors (Lipinski definition) is 2. The smallest absolute Gasteiger partial charge is 0.324 e. The van der Waals surface area contributed by atoms with Crippen LogP contribution < -0.4 is 4.72 Å². The molecule has 2 rings (SSSR count). The SMILES string of the molecule is O=C(O)C1(NS(=O)(=O)N2CCOCC2)CCCCCC1. The Morgan fingerprint density at radius 2 is 1.65 bits per heavy atom. The van der Waals surface area contributed by atoms with Gasteiger partial charge in [0.1, 0.15) is 5.54 Å². The topological polar surface area (TPSA) is 95.9 Å². The van der Waals surface area contributed by atoms with Gasteiger partial charge < -0.3 is 9.84 Å². The number of carboxylic acid groups (broad SMARTS) is 1. The second-order valence-electron chi connectivity index (χ2n) is 5.42. The van der Waals surface area contributed by atoms with Crippen LogP contribution in [0.25, 0.3) is 0 Å². The Bertz CT molecular complexity index is 437. The van der Waals surface area contributed by atoms with E-state index in [1.165, 1.54) is 4.31 Å². The van der Waals surface area contributed by atoms with Crippen LogP contribution in [0.1, 0.15) is 38.5 Å². The second kappa shape index (κ2) is 6.38. The number of nitrogens with one attached hydrogen (secondary N) is 1. The summed E-state index contributed by atoms with van der Waals surface area (Å²) in [6.45, 7) is 1.23. The van der Waals surface area contributed by atoms with Crippen LogP contribution in [0, 0.1) is 0 Å². The predicted molar refractivity (Wildman–Crippen MR) is 72.5 cm³/mol. The summed E-state index contributed by atoms with van der Waals surface area (Å²) in [4.78, 5) is 11.6. The largest absolute Gasteiger partial charge is 0.480 e. The van der Waals surface area contributed by atoms with Crippen molar-refractivity contribution in [2.24, 2.45) is 0 Å². The van der Waals surface area contributed by atoms with Gasteiger partial charge in [-0.15, -0.1) is 0 Å². The number of carbonyl (C=O) groups is 1. The molecule has 1 aliphatic heterocycles. The van der Waals surface area contributed by atoms with E-state index in [0.717, 1.165) is 25.7 Å². The lowest BCUT2D eigenvalue weighted by Crippen LogP contribution is -2.59. The number of morpholine rings is 1. The molecule has 0 aromatic carbocycles. The monoisotopic (exact) mass is 306 g/mol. The van der Waals surface area contributed by atoms with Gasteiger partial charge in [0.25, 0.3) is 10.2 Å². The maximum absolute atomic E-state index is 12.4. The van der Waals surface area contributed by atoms with Crippen LogP contribution in [-0.4, -0.2) is 55.6 Å². The second-order valence-corrected chi connectivity index (χ2v) is 7.09. The first kappa shape index (κ1) is 15.7. The maximum Gasteiger partial charge on any atom is 0.324 e. The highest BCUT2D eigenvalue weighted by Gasteiger charge is 2.43. The summed E-state index contributed by atoms with van der Waals surface area (Å²) in [7, 11) is -3.78. The molecule has 0 unspecified atom stereocenters. The van der Waals surface area contributed by atoms with E-state index in [2.05, 4.69) is 4.72 Å². The molecule has 1 aliphatic carbocycles. The third-order valence-corrected chi connectivity index (χ3v) is 5.69. The summed E-state index contributed by atoms with van der Waals surface area (Å²) in [5.74, 6) is -1.07. The number of ether oxygens (including phenoxy) is 1. The summed E-state index contributed by atoms with van der Waals surface area (Å²) < 4.78 is 33.6. The van der Waals surface area contributed by atoms with Crippen LogP contribution >= 0.6 is 0 Å². The van der Waals surface area contributed by atoms with Crippen molar-refractivity contribution >= 4 is 16.2 Å². The molecule has 116 valence electrons. The fourth-order valence-electron chi connectivity index (χ4n) is 2.79. The quantitative estimate of drug-likeness (QED) is 0.730. The van der Waals surface area contributed by atoms with Gasteiger partial charge in [0.2, 0.25) is 0 Å². The molecule has 1 saturated carbocycles. The summed E-state index contributed by atoms with van der Waals surface area (Å²) in [5.41, 5.74) is -1.35. The Morgan fingerprint density at radius 1 is 1.10 bits per heavy atom. The molecule has 1 heterocycles. The summed E-state index contributed by atoms with van der Waals surface area (Å²) >= 11 is 0. The molecule has 1 saturated heterocycles. The fourth-order valence-corrected chi connectivity index (χ4v) is 4.33. The summed E-state index contributed by atoms with van der Waals surface area (Å²) in [6, 6.07) is 0. The molecule has 2 fully saturated rings. The van der Waals surface area contributed by atoms with Gasteiger partial charge in [0, 0.05) is 13.1 Å². The van der Waals surface area contributed by atoms with Crippen LogP contribution in [0.5, 0.6) is 0 Å². The zero-order valence-corrected chi connectivity index (χ0v) is 12.3. The van der Waals surface area contributed by atoms with E-state index in [9.17, 15) is 18.3 Å². The number of carboxylic acids is 1. The van der Waals surface area contributed by atoms with Gasteiger partial charge in [-0.25, -0.2) is 0 Å². The molecule has 0 amide bonds. The number of hydrogen-bond acceptors (Lipinski definition) is 4. The molecule has 0 bridgehead atoms. The third-order valence-electron chi connectivity index (χ3n) is 4.00. The van der Waals surface area contributed by atoms with Crippen LogP contribution in [-0.2, 0) is 19.7 Å². The minimum atomic E-state index is -3.78. The first-order valence-corrected chi connectivity index (χ1v) is 8.50. The Balaban J connectivity index is 2.16. The number of nitrogens with zero attached hydrogens (tertiary/aromatic N) is 1. The van der Waals surface area contributed by atoms with E-state index in [1.807, 2.05) is 0 Å². The zero-order chi connectivity index (χ0) is 14.6. The molecular formula is C12H22N2O5S. The third kappa shape index (κ3) is 3.49. The zero-order valence-electron chi connectivity index (χ0n) is 11.5. The minimum Gasteiger partial charge on any atom is -0.480 e. The first-order valence-electron chi connectivity index (χ1n) is 7.06. The van der Waals surface area contributed by atoms with Gasteiger partial charge >= 0.3 is 5.97 Å². The van der Waals surface area contributed by atoms with Gasteiger partial charge in [-0.2, -0.15) is 17.4 Å². The van der Waals surface area contributed by atoms with E-state index in [-0.39, 0.29) is 13.1 Å². The van der Waals surface area contributed by atoms with E-state index in [0.29, 0.717) is 26.1 Å². The van der Waals surface area contributed by atoms with Gasteiger partial charge in [0.15, 0.2) is 0 Å². The van der Waals surface area contributed by atoms with Crippen molar-refractivity contribution in [3.8, 4) is 0 Å². The van der Waals surface area contributed by atoms with Crippen molar-refractivity contribution in [1.82, 2.24) is 9.03 Å². The molecule has 20 heavy (non-hydrogen) atoms. The molecule has 0 aromatic heterocycles. The van der Waals surface area contributed by atoms with Crippen LogP contribution in [0.2, 0.25) is 0 Å². The highest BCUT2D eigenvalue weighted by atomic mass is 32.2. The van der Waals surface area contributed by atoms with E-state index in [4.69, 9.17) is 4.74 Å². The predicted octanol–water partition coefficient (Wildman–Crippen LogP) is 0.331. The van der Waals surface area contributed by atoms with Crippen LogP contribution in [0.4, 0.5) is 0 Å². The van der Waals surface area contributed by atoms with Crippen molar-refractivity contribution in [1.29, 1.82) is 0 Å². The van der Waals surface area contributed by atoms with Crippen molar-refractivity contribution in [3.63, 3.8) is 0 Å². The molecule has 8 heteroatoms. The molecule has 0 radical (unpaired) electrons. The lowest BCUT2D eigenvalue weighted by atomic mass is 9.92. The lowest BCUT2D eigenvalue weighted by Gasteiger charge is -2.33. The molecule has 7 nitrogen and oxygen atoms in total. The van der Waals surface area contributed by atoms with Gasteiger partial charge in [-0.1, -0.05) is 25.7 Å². The highest BCUT2D eigenvalue weighted by molar-refractivity contribution is 7.87. The first-order chi connectivity index (χ1) is 9.46. The summed E-state index contributed by atoms with van der Waals surface area (Å²) in [5, 5.41) is 9.51. The summed E-state index contributed by atoms with van der Waals surface area (Å²) in [6.07, 6.45) is 4.08.